The Morgan fingerprint density at radius 2 is 2.11 bits per heavy atom. The molecule has 0 saturated carbocycles. The van der Waals surface area contributed by atoms with Crippen molar-refractivity contribution >= 4 is 5.65 Å². The first-order chi connectivity index (χ1) is 8.63. The van der Waals surface area contributed by atoms with Crippen LogP contribution in [0.3, 0.4) is 0 Å². The zero-order chi connectivity index (χ0) is 13.1. The molecule has 0 radical (unpaired) electrons. The highest BCUT2D eigenvalue weighted by molar-refractivity contribution is 5.42. The molecular formula is C14H22N4. The number of pyridine rings is 1. The number of hydrogen-bond donors (Lipinski definition) is 1. The zero-order valence-electron chi connectivity index (χ0n) is 11.6. The molecule has 2 aromatic heterocycles. The third-order valence-electron chi connectivity index (χ3n) is 3.48. The molecule has 2 atom stereocenters. The standard InChI is InChI=1S/C14H22N4/c1-5-6-15-12(4)11(3)13-7-10(2)8-14-16-9-17-18(13)14/h7-9,11-12,15H,5-6H2,1-4H3. The minimum absolute atomic E-state index is 0.403. The van der Waals surface area contributed by atoms with Gasteiger partial charge < -0.3 is 5.32 Å². The first-order valence-electron chi connectivity index (χ1n) is 6.67. The van der Waals surface area contributed by atoms with Crippen molar-refractivity contribution in [1.82, 2.24) is 19.9 Å². The van der Waals surface area contributed by atoms with Crippen LogP contribution in [0, 0.1) is 6.92 Å². The van der Waals surface area contributed by atoms with E-state index in [2.05, 4.69) is 55.2 Å². The molecule has 0 aliphatic heterocycles. The van der Waals surface area contributed by atoms with Crippen molar-refractivity contribution in [2.24, 2.45) is 0 Å². The molecule has 2 aromatic rings. The Kier molecular flexibility index (Phi) is 3.97. The topological polar surface area (TPSA) is 42.2 Å². The van der Waals surface area contributed by atoms with E-state index < -0.39 is 0 Å². The minimum Gasteiger partial charge on any atom is -0.314 e. The van der Waals surface area contributed by atoms with E-state index in [1.807, 2.05) is 4.52 Å². The van der Waals surface area contributed by atoms with Gasteiger partial charge in [0.15, 0.2) is 5.65 Å². The molecule has 0 aliphatic rings. The van der Waals surface area contributed by atoms with Gasteiger partial charge in [0, 0.05) is 17.7 Å². The molecule has 2 heterocycles. The van der Waals surface area contributed by atoms with Gasteiger partial charge in [-0.25, -0.2) is 9.50 Å². The molecule has 0 amide bonds. The molecule has 4 nitrogen and oxygen atoms in total. The Morgan fingerprint density at radius 1 is 1.33 bits per heavy atom. The fraction of sp³-hybridized carbons (Fsp3) is 0.571. The van der Waals surface area contributed by atoms with Gasteiger partial charge in [-0.3, -0.25) is 0 Å². The first kappa shape index (κ1) is 13.0. The number of nitrogens with one attached hydrogen (secondary N) is 1. The van der Waals surface area contributed by atoms with E-state index >= 15 is 0 Å². The van der Waals surface area contributed by atoms with Crippen molar-refractivity contribution in [2.75, 3.05) is 6.54 Å². The number of aromatic nitrogens is 3. The molecule has 4 heteroatoms. The van der Waals surface area contributed by atoms with Crippen LogP contribution in [0.2, 0.25) is 0 Å². The van der Waals surface area contributed by atoms with Gasteiger partial charge in [0.1, 0.15) is 6.33 Å². The van der Waals surface area contributed by atoms with Gasteiger partial charge in [-0.15, -0.1) is 0 Å². The Bertz CT molecular complexity index is 517. The summed E-state index contributed by atoms with van der Waals surface area (Å²) in [5.74, 6) is 0.403. The van der Waals surface area contributed by atoms with Crippen molar-refractivity contribution in [3.05, 3.63) is 29.7 Å². The second-order valence-electron chi connectivity index (χ2n) is 5.02. The average Bonchev–Trinajstić information content (AvgIpc) is 2.81. The normalized spacial score (nSPS) is 14.9. The molecule has 98 valence electrons. The number of hydrogen-bond acceptors (Lipinski definition) is 3. The summed E-state index contributed by atoms with van der Waals surface area (Å²) in [5.41, 5.74) is 3.39. The van der Waals surface area contributed by atoms with Crippen LogP contribution < -0.4 is 5.32 Å². The lowest BCUT2D eigenvalue weighted by Gasteiger charge is -2.22. The lowest BCUT2D eigenvalue weighted by Crippen LogP contribution is -2.32. The summed E-state index contributed by atoms with van der Waals surface area (Å²) < 4.78 is 1.95. The molecule has 18 heavy (non-hydrogen) atoms. The predicted octanol–water partition coefficient (Wildman–Crippen LogP) is 2.53. The fourth-order valence-electron chi connectivity index (χ4n) is 2.22. The van der Waals surface area contributed by atoms with Gasteiger partial charge >= 0.3 is 0 Å². The summed E-state index contributed by atoms with van der Waals surface area (Å²) >= 11 is 0. The van der Waals surface area contributed by atoms with Crippen molar-refractivity contribution in [3.63, 3.8) is 0 Å². The van der Waals surface area contributed by atoms with E-state index in [1.54, 1.807) is 6.33 Å². The van der Waals surface area contributed by atoms with Crippen molar-refractivity contribution in [3.8, 4) is 0 Å². The van der Waals surface area contributed by atoms with E-state index in [1.165, 1.54) is 11.3 Å². The summed E-state index contributed by atoms with van der Waals surface area (Å²) in [6, 6.07) is 4.70. The molecule has 0 spiro atoms. The van der Waals surface area contributed by atoms with Gasteiger partial charge in [-0.1, -0.05) is 13.8 Å². The van der Waals surface area contributed by atoms with E-state index in [4.69, 9.17) is 0 Å². The Morgan fingerprint density at radius 3 is 2.83 bits per heavy atom. The summed E-state index contributed by atoms with van der Waals surface area (Å²) in [6.45, 7) is 9.81. The van der Waals surface area contributed by atoms with E-state index in [0.717, 1.165) is 18.6 Å². The maximum atomic E-state index is 4.32. The summed E-state index contributed by atoms with van der Waals surface area (Å²) in [6.07, 6.45) is 2.78. The minimum atomic E-state index is 0.403. The lowest BCUT2D eigenvalue weighted by atomic mass is 9.98. The third kappa shape index (κ3) is 2.53. The van der Waals surface area contributed by atoms with Crippen LogP contribution in [-0.4, -0.2) is 27.2 Å². The molecule has 0 aromatic carbocycles. The molecule has 0 bridgehead atoms. The van der Waals surface area contributed by atoms with Gasteiger partial charge in [0.05, 0.1) is 0 Å². The maximum Gasteiger partial charge on any atom is 0.155 e. The smallest absolute Gasteiger partial charge is 0.155 e. The molecule has 1 N–H and O–H groups in total. The Balaban J connectivity index is 2.31. The number of aryl methyl sites for hydroxylation is 1. The molecule has 0 fully saturated rings. The monoisotopic (exact) mass is 246 g/mol. The van der Waals surface area contributed by atoms with Gasteiger partial charge in [0.2, 0.25) is 0 Å². The van der Waals surface area contributed by atoms with Gasteiger partial charge in [-0.2, -0.15) is 5.10 Å². The Hall–Kier alpha value is -1.42. The molecule has 2 unspecified atom stereocenters. The van der Waals surface area contributed by atoms with Crippen LogP contribution in [0.4, 0.5) is 0 Å². The van der Waals surface area contributed by atoms with Crippen LogP contribution in [0.25, 0.3) is 5.65 Å². The lowest BCUT2D eigenvalue weighted by molar-refractivity contribution is 0.468. The van der Waals surface area contributed by atoms with Crippen LogP contribution in [-0.2, 0) is 0 Å². The summed E-state index contributed by atoms with van der Waals surface area (Å²) in [5, 5.41) is 7.87. The van der Waals surface area contributed by atoms with Crippen molar-refractivity contribution in [1.29, 1.82) is 0 Å². The predicted molar refractivity (Wildman–Crippen MR) is 73.9 cm³/mol. The molecule has 0 aliphatic carbocycles. The second kappa shape index (κ2) is 5.48. The highest BCUT2D eigenvalue weighted by Gasteiger charge is 2.17. The highest BCUT2D eigenvalue weighted by atomic mass is 15.3. The molecule has 2 rings (SSSR count). The molecular weight excluding hydrogens is 224 g/mol. The second-order valence-corrected chi connectivity index (χ2v) is 5.02. The van der Waals surface area contributed by atoms with Crippen LogP contribution in [0.15, 0.2) is 18.5 Å². The number of fused-ring (bicyclic) bond motifs is 1. The van der Waals surface area contributed by atoms with Crippen molar-refractivity contribution in [2.45, 2.75) is 46.1 Å². The van der Waals surface area contributed by atoms with Crippen LogP contribution in [0.5, 0.6) is 0 Å². The van der Waals surface area contributed by atoms with Crippen molar-refractivity contribution < 1.29 is 0 Å². The number of nitrogens with zero attached hydrogens (tertiary/aromatic N) is 3. The van der Waals surface area contributed by atoms with Gasteiger partial charge in [0.25, 0.3) is 0 Å². The number of rotatable bonds is 5. The quantitative estimate of drug-likeness (QED) is 0.881. The summed E-state index contributed by atoms with van der Waals surface area (Å²) in [4.78, 5) is 4.28. The Labute approximate surface area is 108 Å². The van der Waals surface area contributed by atoms with E-state index in [-0.39, 0.29) is 0 Å². The van der Waals surface area contributed by atoms with Crippen LogP contribution >= 0.6 is 0 Å². The van der Waals surface area contributed by atoms with Crippen LogP contribution in [0.1, 0.15) is 44.4 Å². The van der Waals surface area contributed by atoms with E-state index in [0.29, 0.717) is 12.0 Å². The largest absolute Gasteiger partial charge is 0.314 e. The average molecular weight is 246 g/mol. The zero-order valence-corrected chi connectivity index (χ0v) is 11.6. The summed E-state index contributed by atoms with van der Waals surface area (Å²) in [7, 11) is 0. The van der Waals surface area contributed by atoms with E-state index in [9.17, 15) is 0 Å². The third-order valence-corrected chi connectivity index (χ3v) is 3.48. The fourth-order valence-corrected chi connectivity index (χ4v) is 2.22. The SMILES string of the molecule is CCCNC(C)C(C)c1cc(C)cc2ncnn12. The maximum absolute atomic E-state index is 4.32. The first-order valence-corrected chi connectivity index (χ1v) is 6.67. The van der Waals surface area contributed by atoms with Gasteiger partial charge in [-0.05, 0) is 44.5 Å². The molecule has 0 saturated heterocycles. The highest BCUT2D eigenvalue weighted by Crippen LogP contribution is 2.21.